The number of nitrogens with zero attached hydrogens (tertiary/aromatic N) is 2. The average molecular weight is 618 g/mol. The Labute approximate surface area is 267 Å². The van der Waals surface area contributed by atoms with Crippen LogP contribution in [-0.4, -0.2) is 34.9 Å². The first-order valence-electron chi connectivity index (χ1n) is 16.7. The summed E-state index contributed by atoms with van der Waals surface area (Å²) in [4.78, 5) is 30.6. The third-order valence-electron chi connectivity index (χ3n) is 10.0. The number of methoxy groups -OCH3 is 2. The summed E-state index contributed by atoms with van der Waals surface area (Å²) in [6, 6.07) is 8.03. The second-order valence-corrected chi connectivity index (χ2v) is 13.3. The predicted octanol–water partition coefficient (Wildman–Crippen LogP) is 7.25. The number of aryl methyl sites for hydroxylation is 2. The number of pyridine rings is 1. The minimum atomic E-state index is -0.454. The van der Waals surface area contributed by atoms with Gasteiger partial charge in [-0.3, -0.25) is 9.59 Å². The molecule has 1 fully saturated rings. The Morgan fingerprint density at radius 1 is 1.00 bits per heavy atom. The van der Waals surface area contributed by atoms with Crippen molar-refractivity contribution in [1.29, 1.82) is 0 Å². The summed E-state index contributed by atoms with van der Waals surface area (Å²) in [5.41, 5.74) is 3.69. The van der Waals surface area contributed by atoms with Crippen LogP contribution in [-0.2, 0) is 11.3 Å². The summed E-state index contributed by atoms with van der Waals surface area (Å²) in [7, 11) is 3.31. The van der Waals surface area contributed by atoms with Crippen molar-refractivity contribution >= 4 is 11.7 Å². The quantitative estimate of drug-likeness (QED) is 0.258. The molecule has 3 heterocycles. The molecule has 1 aliphatic carbocycles. The fraction of sp³-hybridized carbons (Fsp3) is 0.583. The molecule has 9 nitrogen and oxygen atoms in total. The predicted molar refractivity (Wildman–Crippen MR) is 178 cm³/mol. The Kier molecular flexibility index (Phi) is 10.2. The van der Waals surface area contributed by atoms with Gasteiger partial charge in [0.15, 0.2) is 11.5 Å². The number of benzene rings is 1. The van der Waals surface area contributed by atoms with Crippen LogP contribution in [0.5, 0.6) is 11.5 Å². The molecule has 0 radical (unpaired) electrons. The molecule has 0 saturated heterocycles. The van der Waals surface area contributed by atoms with E-state index >= 15 is 0 Å². The molecular formula is C36H51N5O4. The molecule has 1 aromatic carbocycles. The zero-order chi connectivity index (χ0) is 32.1. The molecule has 3 N–H and O–H groups in total. The van der Waals surface area contributed by atoms with E-state index in [2.05, 4.69) is 41.6 Å². The third kappa shape index (κ3) is 6.63. The van der Waals surface area contributed by atoms with Crippen LogP contribution in [0, 0.1) is 19.3 Å². The van der Waals surface area contributed by atoms with E-state index in [1.165, 1.54) is 25.7 Å². The molecule has 3 aromatic rings. The zero-order valence-corrected chi connectivity index (χ0v) is 27.9. The maximum Gasteiger partial charge on any atom is 0.253 e. The van der Waals surface area contributed by atoms with Gasteiger partial charge in [-0.2, -0.15) is 5.10 Å². The smallest absolute Gasteiger partial charge is 0.253 e. The molecule has 45 heavy (non-hydrogen) atoms. The Morgan fingerprint density at radius 3 is 2.24 bits per heavy atom. The summed E-state index contributed by atoms with van der Waals surface area (Å²) < 4.78 is 13.4. The van der Waals surface area contributed by atoms with Crippen molar-refractivity contribution in [3.05, 3.63) is 68.8 Å². The van der Waals surface area contributed by atoms with E-state index in [1.54, 1.807) is 14.2 Å². The number of rotatable bonds is 7. The summed E-state index contributed by atoms with van der Waals surface area (Å²) in [5, 5.41) is 12.0. The molecule has 9 heteroatoms. The Bertz CT molecular complexity index is 1530. The van der Waals surface area contributed by atoms with Crippen molar-refractivity contribution in [2.45, 2.75) is 116 Å². The highest BCUT2D eigenvalue weighted by Gasteiger charge is 2.54. The second-order valence-electron chi connectivity index (χ2n) is 13.3. The number of nitrogens with one attached hydrogen (secondary N) is 3. The SMILES string of the molecule is COc1ccc(C2Nc3c(cnn3C(C)C)C(C(=O)NCc3c(C)cc(C)[nH]c3=O)C23CCCCCCCCCC3)cc1OC. The number of aromatic nitrogens is 3. The first-order valence-corrected chi connectivity index (χ1v) is 16.7. The number of carbonyl (C=O) groups excluding carboxylic acids is 1. The van der Waals surface area contributed by atoms with Crippen LogP contribution in [0.25, 0.3) is 0 Å². The third-order valence-corrected chi connectivity index (χ3v) is 10.0. The van der Waals surface area contributed by atoms with E-state index in [0.29, 0.717) is 17.1 Å². The fourth-order valence-electron chi connectivity index (χ4n) is 7.78. The second kappa shape index (κ2) is 14.1. The number of aromatic amines is 1. The van der Waals surface area contributed by atoms with Crippen LogP contribution in [0.1, 0.15) is 124 Å². The Balaban J connectivity index is 1.66. The van der Waals surface area contributed by atoms with Gasteiger partial charge in [-0.15, -0.1) is 0 Å². The highest BCUT2D eigenvalue weighted by molar-refractivity contribution is 5.87. The van der Waals surface area contributed by atoms with Crippen LogP contribution in [0.3, 0.4) is 0 Å². The molecule has 2 aliphatic rings. The topological polar surface area (TPSA) is 110 Å². The Morgan fingerprint density at radius 2 is 1.64 bits per heavy atom. The molecular weight excluding hydrogens is 566 g/mol. The number of H-pyrrole nitrogens is 1. The van der Waals surface area contributed by atoms with Gasteiger partial charge in [-0.25, -0.2) is 4.68 Å². The van der Waals surface area contributed by atoms with Gasteiger partial charge in [0, 0.05) is 34.8 Å². The largest absolute Gasteiger partial charge is 0.493 e. The maximum atomic E-state index is 14.8. The average Bonchev–Trinajstić information content (AvgIpc) is 3.41. The van der Waals surface area contributed by atoms with Gasteiger partial charge in [-0.05, 0) is 69.9 Å². The molecule has 2 unspecified atom stereocenters. The summed E-state index contributed by atoms with van der Waals surface area (Å²) >= 11 is 0. The molecule has 244 valence electrons. The van der Waals surface area contributed by atoms with Crippen molar-refractivity contribution in [1.82, 2.24) is 20.1 Å². The number of fused-ring (bicyclic) bond motifs is 1. The van der Waals surface area contributed by atoms with Crippen molar-refractivity contribution in [2.75, 3.05) is 19.5 Å². The lowest BCUT2D eigenvalue weighted by atomic mass is 9.58. The van der Waals surface area contributed by atoms with Crippen molar-refractivity contribution in [3.63, 3.8) is 0 Å². The molecule has 1 saturated carbocycles. The lowest BCUT2D eigenvalue weighted by molar-refractivity contribution is -0.127. The first kappa shape index (κ1) is 32.6. The van der Waals surface area contributed by atoms with Gasteiger partial charge in [0.2, 0.25) is 5.91 Å². The maximum absolute atomic E-state index is 14.8. The van der Waals surface area contributed by atoms with Crippen LogP contribution < -0.4 is 25.7 Å². The molecule has 2 aromatic heterocycles. The summed E-state index contributed by atoms with van der Waals surface area (Å²) in [5.74, 6) is 1.72. The molecule has 1 spiro atoms. The van der Waals surface area contributed by atoms with E-state index in [4.69, 9.17) is 14.6 Å². The van der Waals surface area contributed by atoms with Gasteiger partial charge in [0.05, 0.1) is 32.4 Å². The molecule has 5 rings (SSSR count). The summed E-state index contributed by atoms with van der Waals surface area (Å²) in [6.07, 6.45) is 13.0. The lowest BCUT2D eigenvalue weighted by Crippen LogP contribution is -2.49. The zero-order valence-electron chi connectivity index (χ0n) is 27.9. The normalized spacial score (nSPS) is 20.2. The van der Waals surface area contributed by atoms with Gasteiger partial charge in [0.25, 0.3) is 5.56 Å². The number of hydrogen-bond acceptors (Lipinski definition) is 6. The number of amides is 1. The monoisotopic (exact) mass is 617 g/mol. The Hall–Kier alpha value is -3.75. The van der Waals surface area contributed by atoms with Crippen molar-refractivity contribution in [3.8, 4) is 11.5 Å². The number of anilines is 1. The van der Waals surface area contributed by atoms with E-state index < -0.39 is 11.3 Å². The highest BCUT2D eigenvalue weighted by atomic mass is 16.5. The van der Waals surface area contributed by atoms with Crippen LogP contribution in [0.4, 0.5) is 5.82 Å². The highest BCUT2D eigenvalue weighted by Crippen LogP contribution is 2.59. The van der Waals surface area contributed by atoms with Gasteiger partial charge >= 0.3 is 0 Å². The first-order chi connectivity index (χ1) is 21.7. The fourth-order valence-corrected chi connectivity index (χ4v) is 7.78. The van der Waals surface area contributed by atoms with Crippen LogP contribution >= 0.6 is 0 Å². The number of hydrogen-bond donors (Lipinski definition) is 3. The number of carbonyl (C=O) groups is 1. The van der Waals surface area contributed by atoms with Gasteiger partial charge in [-0.1, -0.05) is 57.4 Å². The number of ether oxygens (including phenoxy) is 2. The van der Waals surface area contributed by atoms with Crippen LogP contribution in [0.15, 0.2) is 35.3 Å². The standard InChI is InChI=1S/C36H51N5O4/c1-23(2)41-33-28(22-38-41)31(35(43)37-21-27-24(3)19-25(4)39-34(27)42)36(17-13-11-9-7-8-10-12-14-18-36)32(40-33)26-15-16-29(44-5)30(20-26)45-6/h15-16,19-20,22-23,31-32,40H,7-14,17-18,21H2,1-6H3,(H,37,43)(H,39,42). The van der Waals surface area contributed by atoms with Crippen molar-refractivity contribution < 1.29 is 14.3 Å². The molecule has 1 aliphatic heterocycles. The van der Waals surface area contributed by atoms with E-state index in [9.17, 15) is 9.59 Å². The van der Waals surface area contributed by atoms with E-state index in [1.807, 2.05) is 36.9 Å². The van der Waals surface area contributed by atoms with Crippen LogP contribution in [0.2, 0.25) is 0 Å². The minimum absolute atomic E-state index is 0.0548. The van der Waals surface area contributed by atoms with Crippen molar-refractivity contribution in [2.24, 2.45) is 5.41 Å². The molecule has 0 bridgehead atoms. The lowest BCUT2D eigenvalue weighted by Gasteiger charge is -2.50. The summed E-state index contributed by atoms with van der Waals surface area (Å²) in [6.45, 7) is 8.20. The van der Waals surface area contributed by atoms with E-state index in [0.717, 1.165) is 66.7 Å². The van der Waals surface area contributed by atoms with Gasteiger partial charge < -0.3 is 25.1 Å². The molecule has 1 amide bonds. The van der Waals surface area contributed by atoms with Gasteiger partial charge in [0.1, 0.15) is 5.82 Å². The van der Waals surface area contributed by atoms with E-state index in [-0.39, 0.29) is 30.1 Å². The minimum Gasteiger partial charge on any atom is -0.493 e. The molecule has 2 atom stereocenters.